The van der Waals surface area contributed by atoms with Gasteiger partial charge in [-0.25, -0.2) is 4.79 Å². The molecule has 0 radical (unpaired) electrons. The second kappa shape index (κ2) is 9.33. The number of fused-ring (bicyclic) bond motifs is 3. The van der Waals surface area contributed by atoms with Crippen molar-refractivity contribution >= 4 is 44.0 Å². The van der Waals surface area contributed by atoms with Gasteiger partial charge in [0.15, 0.2) is 22.2 Å². The molecule has 2 aliphatic rings. The molecule has 0 unspecified atom stereocenters. The third-order valence-electron chi connectivity index (χ3n) is 8.68. The van der Waals surface area contributed by atoms with Gasteiger partial charge in [0, 0.05) is 16.0 Å². The van der Waals surface area contributed by atoms with E-state index in [1.54, 1.807) is 11.3 Å². The van der Waals surface area contributed by atoms with E-state index in [2.05, 4.69) is 98.9 Å². The zero-order chi connectivity index (χ0) is 27.6. The van der Waals surface area contributed by atoms with Gasteiger partial charge in [0.05, 0.1) is 0 Å². The summed E-state index contributed by atoms with van der Waals surface area (Å²) in [6.07, 6.45) is 1.51. The number of esters is 1. The summed E-state index contributed by atoms with van der Waals surface area (Å²) in [6, 6.07) is 8.70. The largest absolute Gasteiger partial charge is 0.490 e. The minimum atomic E-state index is -2.27. The van der Waals surface area contributed by atoms with Crippen LogP contribution in [0.4, 0.5) is 0 Å². The van der Waals surface area contributed by atoms with E-state index in [1.165, 1.54) is 15.6 Å². The number of hydrogen-bond acceptors (Lipinski definition) is 6. The number of benzene rings is 1. The van der Waals surface area contributed by atoms with E-state index in [1.807, 2.05) is 6.08 Å². The summed E-state index contributed by atoms with van der Waals surface area (Å²) >= 11 is 1.74. The van der Waals surface area contributed by atoms with Crippen molar-refractivity contribution in [3.63, 3.8) is 0 Å². The number of hydrogen-bond donors (Lipinski definition) is 0. The van der Waals surface area contributed by atoms with E-state index < -0.39 is 34.4 Å². The third kappa shape index (κ3) is 5.50. The van der Waals surface area contributed by atoms with Crippen LogP contribution in [0.1, 0.15) is 58.4 Å². The normalized spacial score (nSPS) is 24.8. The van der Waals surface area contributed by atoms with Crippen LogP contribution in [0, 0.1) is 6.92 Å². The van der Waals surface area contributed by atoms with Crippen molar-refractivity contribution in [3.05, 3.63) is 46.5 Å². The lowest BCUT2D eigenvalue weighted by Gasteiger charge is -2.44. The predicted molar refractivity (Wildman–Crippen MR) is 157 cm³/mol. The molecule has 2 bridgehead atoms. The van der Waals surface area contributed by atoms with Gasteiger partial charge in [-0.3, -0.25) is 0 Å². The standard InChI is InChI=1S/C29H44O5SSi2/c1-19-12-13-24-20(14-19)15-21(35-24)18-31-22-16-29(34-37(10,11)28(5,6)7)17-23(32-26(29)30)25(22)33-36(8,9)27(2,3)4/h12-16,23,25H,17-18H2,1-11H3/t23-,25-,29+/m1/s1. The smallest absolute Gasteiger partial charge is 0.342 e. The second-order valence-electron chi connectivity index (χ2n) is 13.8. The number of rotatable bonds is 7. The van der Waals surface area contributed by atoms with E-state index in [0.717, 1.165) is 4.88 Å². The Labute approximate surface area is 228 Å². The van der Waals surface area contributed by atoms with E-state index in [0.29, 0.717) is 18.8 Å². The van der Waals surface area contributed by atoms with E-state index in [4.69, 9.17) is 18.3 Å². The van der Waals surface area contributed by atoms with Crippen LogP contribution in [0.25, 0.3) is 10.1 Å². The summed E-state index contributed by atoms with van der Waals surface area (Å²) in [5.74, 6) is 0.348. The summed E-state index contributed by atoms with van der Waals surface area (Å²) in [6.45, 7) is 24.5. The Balaban J connectivity index is 1.69. The molecule has 4 rings (SSSR count). The molecule has 0 saturated carbocycles. The second-order valence-corrected chi connectivity index (χ2v) is 24.4. The highest BCUT2D eigenvalue weighted by Gasteiger charge is 2.60. The first-order chi connectivity index (χ1) is 16.8. The molecule has 1 fully saturated rings. The third-order valence-corrected chi connectivity index (χ3v) is 18.7. The SMILES string of the molecule is Cc1ccc2sc(COC3=C[C@]4(O[Si](C)(C)C(C)(C)C)C[C@@H](OC4=O)[C@@H]3O[Si](C)(C)C(C)(C)C)cc2c1. The monoisotopic (exact) mass is 560 g/mol. The zero-order valence-corrected chi connectivity index (χ0v) is 27.2. The minimum absolute atomic E-state index is 0.0102. The molecule has 1 saturated heterocycles. The highest BCUT2D eigenvalue weighted by molar-refractivity contribution is 7.19. The molecule has 37 heavy (non-hydrogen) atoms. The molecule has 3 atom stereocenters. The molecule has 0 amide bonds. The number of ether oxygens (including phenoxy) is 2. The van der Waals surface area contributed by atoms with Gasteiger partial charge in [-0.05, 0) is 66.8 Å². The lowest BCUT2D eigenvalue weighted by molar-refractivity contribution is -0.151. The molecule has 204 valence electrons. The van der Waals surface area contributed by atoms with Gasteiger partial charge in [0.2, 0.25) is 0 Å². The first-order valence-electron chi connectivity index (χ1n) is 13.3. The molecular weight excluding hydrogens is 517 g/mol. The summed E-state index contributed by atoms with van der Waals surface area (Å²) in [5, 5.41) is 1.20. The van der Waals surface area contributed by atoms with Gasteiger partial charge >= 0.3 is 5.97 Å². The fraction of sp³-hybridized carbons (Fsp3) is 0.621. The maximum absolute atomic E-state index is 13.4. The summed E-state index contributed by atoms with van der Waals surface area (Å²) in [7, 11) is -4.45. The lowest BCUT2D eigenvalue weighted by atomic mass is 9.89. The van der Waals surface area contributed by atoms with Gasteiger partial charge in [0.1, 0.15) is 24.6 Å². The van der Waals surface area contributed by atoms with Crippen molar-refractivity contribution in [2.75, 3.05) is 0 Å². The molecule has 5 nitrogen and oxygen atoms in total. The van der Waals surface area contributed by atoms with Gasteiger partial charge in [-0.2, -0.15) is 0 Å². The molecule has 2 aromatic rings. The highest BCUT2D eigenvalue weighted by atomic mass is 32.1. The first kappa shape index (κ1) is 28.5. The molecule has 0 spiro atoms. The van der Waals surface area contributed by atoms with Crippen molar-refractivity contribution in [2.45, 2.75) is 116 Å². The Kier molecular flexibility index (Phi) is 7.20. The predicted octanol–water partition coefficient (Wildman–Crippen LogP) is 8.09. The van der Waals surface area contributed by atoms with Crippen LogP contribution in [-0.2, 0) is 29.7 Å². The van der Waals surface area contributed by atoms with E-state index >= 15 is 0 Å². The van der Waals surface area contributed by atoms with Crippen molar-refractivity contribution in [1.29, 1.82) is 0 Å². The maximum Gasteiger partial charge on any atom is 0.342 e. The van der Waals surface area contributed by atoms with E-state index in [-0.39, 0.29) is 16.0 Å². The molecule has 1 aromatic heterocycles. The molecule has 1 aromatic carbocycles. The summed E-state index contributed by atoms with van der Waals surface area (Å²) < 4.78 is 27.4. The first-order valence-corrected chi connectivity index (χ1v) is 19.9. The summed E-state index contributed by atoms with van der Waals surface area (Å²) in [5.41, 5.74) is 0.126. The number of thiophene rings is 1. The Morgan fingerprint density at radius 2 is 1.68 bits per heavy atom. The lowest BCUT2D eigenvalue weighted by Crippen LogP contribution is -2.54. The van der Waals surface area contributed by atoms with Crippen LogP contribution in [0.15, 0.2) is 36.1 Å². The fourth-order valence-electron chi connectivity index (χ4n) is 4.36. The quantitative estimate of drug-likeness (QED) is 0.253. The van der Waals surface area contributed by atoms with Crippen molar-refractivity contribution in [2.24, 2.45) is 0 Å². The molecule has 1 aliphatic heterocycles. The van der Waals surface area contributed by atoms with Crippen molar-refractivity contribution in [3.8, 4) is 0 Å². The molecule has 8 heteroatoms. The average Bonchev–Trinajstić information content (AvgIpc) is 3.25. The topological polar surface area (TPSA) is 54.0 Å². The molecule has 2 heterocycles. The van der Waals surface area contributed by atoms with Gasteiger partial charge in [-0.15, -0.1) is 11.3 Å². The van der Waals surface area contributed by atoms with Crippen molar-refractivity contribution in [1.82, 2.24) is 0 Å². The van der Waals surface area contributed by atoms with Gasteiger partial charge < -0.3 is 18.3 Å². The van der Waals surface area contributed by atoms with Crippen molar-refractivity contribution < 1.29 is 23.1 Å². The Morgan fingerprint density at radius 3 is 2.30 bits per heavy atom. The van der Waals surface area contributed by atoms with E-state index in [9.17, 15) is 4.79 Å². The van der Waals surface area contributed by atoms with Crippen LogP contribution in [0.3, 0.4) is 0 Å². The zero-order valence-electron chi connectivity index (χ0n) is 24.4. The Morgan fingerprint density at radius 1 is 1.03 bits per heavy atom. The number of carbonyl (C=O) groups is 1. The van der Waals surface area contributed by atoms with Gasteiger partial charge in [-0.1, -0.05) is 59.2 Å². The number of aryl methyl sites for hydroxylation is 1. The fourth-order valence-corrected chi connectivity index (χ4v) is 8.02. The van der Waals surface area contributed by atoms with Crippen LogP contribution in [-0.4, -0.2) is 40.4 Å². The van der Waals surface area contributed by atoms with Crippen LogP contribution in [0.5, 0.6) is 0 Å². The maximum atomic E-state index is 13.4. The molecule has 0 N–H and O–H groups in total. The minimum Gasteiger partial charge on any atom is -0.490 e. The average molecular weight is 561 g/mol. The Hall–Kier alpha value is -1.46. The highest BCUT2D eigenvalue weighted by Crippen LogP contribution is 2.49. The Bertz CT molecular complexity index is 1220. The van der Waals surface area contributed by atoms with Crippen LogP contribution in [0.2, 0.25) is 36.3 Å². The van der Waals surface area contributed by atoms with Crippen LogP contribution >= 0.6 is 11.3 Å². The number of carbonyl (C=O) groups excluding carboxylic acids is 1. The van der Waals surface area contributed by atoms with Crippen LogP contribution < -0.4 is 0 Å². The molecular formula is C29H44O5SSi2. The van der Waals surface area contributed by atoms with Gasteiger partial charge in [0.25, 0.3) is 0 Å². The summed E-state index contributed by atoms with van der Waals surface area (Å²) in [4.78, 5) is 14.5. The molecule has 1 aliphatic carbocycles.